The van der Waals surface area contributed by atoms with Gasteiger partial charge in [0.2, 0.25) is 0 Å². The van der Waals surface area contributed by atoms with E-state index in [2.05, 4.69) is 5.32 Å². The van der Waals surface area contributed by atoms with Crippen molar-refractivity contribution in [2.45, 2.75) is 19.4 Å². The number of rotatable bonds is 1. The Balaban J connectivity index is 0.000000845. The number of hydrogen-bond acceptors (Lipinski definition) is 1. The van der Waals surface area contributed by atoms with Crippen molar-refractivity contribution in [1.29, 1.82) is 0 Å². The van der Waals surface area contributed by atoms with Crippen LogP contribution in [0.2, 0.25) is 0 Å². The van der Waals surface area contributed by atoms with Gasteiger partial charge in [-0.2, -0.15) is 0 Å². The van der Waals surface area contributed by atoms with Gasteiger partial charge in [0.1, 0.15) is 5.82 Å². The summed E-state index contributed by atoms with van der Waals surface area (Å²) in [4.78, 5) is 0. The van der Waals surface area contributed by atoms with E-state index in [0.717, 1.165) is 12.1 Å². The number of benzene rings is 1. The van der Waals surface area contributed by atoms with E-state index < -0.39 is 0 Å². The van der Waals surface area contributed by atoms with Crippen molar-refractivity contribution in [1.82, 2.24) is 5.32 Å². The largest absolute Gasteiger partial charge is 0.310 e. The minimum atomic E-state index is -0.113. The Morgan fingerprint density at radius 3 is 2.62 bits per heavy atom. The molecule has 0 saturated carbocycles. The van der Waals surface area contributed by atoms with Crippen LogP contribution in [0.4, 0.5) is 4.39 Å². The predicted molar refractivity (Wildman–Crippen MR) is 53.7 cm³/mol. The lowest BCUT2D eigenvalue weighted by Gasteiger charge is -2.28. The van der Waals surface area contributed by atoms with Gasteiger partial charge in [-0.25, -0.2) is 4.39 Å². The summed E-state index contributed by atoms with van der Waals surface area (Å²) < 4.78 is 12.9. The second-order valence-corrected chi connectivity index (χ2v) is 3.30. The Labute approximate surface area is 83.8 Å². The van der Waals surface area contributed by atoms with Gasteiger partial charge in [0.25, 0.3) is 0 Å². The van der Waals surface area contributed by atoms with Crippen molar-refractivity contribution in [2.75, 3.05) is 6.54 Å². The van der Waals surface area contributed by atoms with Gasteiger partial charge in [-0.3, -0.25) is 0 Å². The third-order valence-electron chi connectivity index (χ3n) is 2.41. The molecule has 1 aromatic rings. The van der Waals surface area contributed by atoms with Crippen LogP contribution in [-0.2, 0) is 0 Å². The molecular formula is C10H13ClFN. The maximum atomic E-state index is 12.9. The highest BCUT2D eigenvalue weighted by Crippen LogP contribution is 2.23. The monoisotopic (exact) mass is 201 g/mol. The van der Waals surface area contributed by atoms with Gasteiger partial charge in [0, 0.05) is 6.04 Å². The molecule has 13 heavy (non-hydrogen) atoms. The first kappa shape index (κ1) is 10.5. The molecule has 0 aliphatic carbocycles. The zero-order valence-electron chi connectivity index (χ0n) is 7.51. The molecule has 72 valence electrons. The Morgan fingerprint density at radius 1 is 1.46 bits per heavy atom. The van der Waals surface area contributed by atoms with Crippen LogP contribution in [0.25, 0.3) is 0 Å². The number of hydrogen-bond donors (Lipinski definition) is 1. The normalized spacial score (nSPS) is 20.3. The van der Waals surface area contributed by atoms with Crippen molar-refractivity contribution < 1.29 is 4.39 Å². The molecule has 1 saturated heterocycles. The van der Waals surface area contributed by atoms with Crippen LogP contribution < -0.4 is 5.32 Å². The van der Waals surface area contributed by atoms with Gasteiger partial charge in [0.15, 0.2) is 0 Å². The summed E-state index contributed by atoms with van der Waals surface area (Å²) in [7, 11) is 0. The average molecular weight is 202 g/mol. The first-order valence-electron chi connectivity index (χ1n) is 4.27. The maximum absolute atomic E-state index is 12.9. The molecule has 0 spiro atoms. The maximum Gasteiger partial charge on any atom is 0.126 e. The van der Waals surface area contributed by atoms with Gasteiger partial charge in [0.05, 0.1) is 0 Å². The molecule has 3 heteroatoms. The fourth-order valence-electron chi connectivity index (χ4n) is 1.46. The standard InChI is InChI=1S/C10H12FN.ClH/c1-7-6-8(2-3-9(7)11)10-4-5-12-10;/h2-3,6,10,12H,4-5H2,1H3;1H/t10-;/m1./s1. The topological polar surface area (TPSA) is 12.0 Å². The lowest BCUT2D eigenvalue weighted by atomic mass is 9.97. The van der Waals surface area contributed by atoms with E-state index >= 15 is 0 Å². The second-order valence-electron chi connectivity index (χ2n) is 3.30. The summed E-state index contributed by atoms with van der Waals surface area (Å²) in [5.74, 6) is -0.113. The number of halogens is 2. The average Bonchev–Trinajstić information content (AvgIpc) is 1.93. The van der Waals surface area contributed by atoms with Gasteiger partial charge >= 0.3 is 0 Å². The highest BCUT2D eigenvalue weighted by molar-refractivity contribution is 5.85. The zero-order chi connectivity index (χ0) is 8.55. The summed E-state index contributed by atoms with van der Waals surface area (Å²) >= 11 is 0. The summed E-state index contributed by atoms with van der Waals surface area (Å²) in [5, 5.41) is 3.29. The highest BCUT2D eigenvalue weighted by atomic mass is 35.5. The summed E-state index contributed by atoms with van der Waals surface area (Å²) in [6, 6.07) is 5.79. The molecule has 0 bridgehead atoms. The molecule has 1 aromatic carbocycles. The van der Waals surface area contributed by atoms with Crippen LogP contribution >= 0.6 is 12.4 Å². The second kappa shape index (κ2) is 4.07. The van der Waals surface area contributed by atoms with E-state index in [1.165, 1.54) is 12.0 Å². The Morgan fingerprint density at radius 2 is 2.15 bits per heavy atom. The van der Waals surface area contributed by atoms with E-state index in [0.29, 0.717) is 6.04 Å². The van der Waals surface area contributed by atoms with E-state index in [-0.39, 0.29) is 18.2 Å². The molecule has 0 amide bonds. The van der Waals surface area contributed by atoms with Gasteiger partial charge in [-0.05, 0) is 37.1 Å². The predicted octanol–water partition coefficient (Wildman–Crippen LogP) is 2.59. The molecule has 0 unspecified atom stereocenters. The van der Waals surface area contributed by atoms with Crippen molar-refractivity contribution in [2.24, 2.45) is 0 Å². The molecule has 1 heterocycles. The Bertz CT molecular complexity index is 297. The van der Waals surface area contributed by atoms with E-state index in [1.807, 2.05) is 12.1 Å². The third-order valence-corrected chi connectivity index (χ3v) is 2.41. The van der Waals surface area contributed by atoms with Crippen LogP contribution in [0.15, 0.2) is 18.2 Å². The molecule has 2 rings (SSSR count). The van der Waals surface area contributed by atoms with Crippen LogP contribution in [0.1, 0.15) is 23.6 Å². The highest BCUT2D eigenvalue weighted by Gasteiger charge is 2.18. The Hall–Kier alpha value is -0.600. The van der Waals surface area contributed by atoms with Gasteiger partial charge in [-0.15, -0.1) is 12.4 Å². The molecule has 0 radical (unpaired) electrons. The number of nitrogens with one attached hydrogen (secondary N) is 1. The van der Waals surface area contributed by atoms with Gasteiger partial charge in [-0.1, -0.05) is 12.1 Å². The third kappa shape index (κ3) is 2.01. The molecule has 1 fully saturated rings. The number of aryl methyl sites for hydroxylation is 1. The fraction of sp³-hybridized carbons (Fsp3) is 0.400. The summed E-state index contributed by atoms with van der Waals surface area (Å²) in [5.41, 5.74) is 1.95. The lowest BCUT2D eigenvalue weighted by Crippen LogP contribution is -2.34. The SMILES string of the molecule is Cc1cc([C@H]2CCN2)ccc1F.Cl. The van der Waals surface area contributed by atoms with Gasteiger partial charge < -0.3 is 5.32 Å². The quantitative estimate of drug-likeness (QED) is 0.737. The van der Waals surface area contributed by atoms with Crippen LogP contribution in [-0.4, -0.2) is 6.54 Å². The Kier molecular flexibility index (Phi) is 3.28. The van der Waals surface area contributed by atoms with Crippen LogP contribution in [0.5, 0.6) is 0 Å². The minimum absolute atomic E-state index is 0. The zero-order valence-corrected chi connectivity index (χ0v) is 8.33. The van der Waals surface area contributed by atoms with Crippen molar-refractivity contribution in [3.63, 3.8) is 0 Å². The molecular weight excluding hydrogens is 189 g/mol. The lowest BCUT2D eigenvalue weighted by molar-refractivity contribution is 0.382. The van der Waals surface area contributed by atoms with Crippen molar-refractivity contribution in [3.05, 3.63) is 35.1 Å². The van der Waals surface area contributed by atoms with Crippen molar-refractivity contribution >= 4 is 12.4 Å². The minimum Gasteiger partial charge on any atom is -0.310 e. The summed E-state index contributed by atoms with van der Waals surface area (Å²) in [6.45, 7) is 2.89. The molecule has 1 nitrogen and oxygen atoms in total. The van der Waals surface area contributed by atoms with E-state index in [1.54, 1.807) is 13.0 Å². The van der Waals surface area contributed by atoms with E-state index in [4.69, 9.17) is 0 Å². The van der Waals surface area contributed by atoms with E-state index in [9.17, 15) is 4.39 Å². The molecule has 0 aromatic heterocycles. The molecule has 1 aliphatic rings. The fourth-order valence-corrected chi connectivity index (χ4v) is 1.46. The van der Waals surface area contributed by atoms with Crippen molar-refractivity contribution in [3.8, 4) is 0 Å². The first-order chi connectivity index (χ1) is 5.77. The first-order valence-corrected chi connectivity index (χ1v) is 4.27. The van der Waals surface area contributed by atoms with Crippen LogP contribution in [0, 0.1) is 12.7 Å². The van der Waals surface area contributed by atoms with Crippen LogP contribution in [0.3, 0.4) is 0 Å². The smallest absolute Gasteiger partial charge is 0.126 e. The molecule has 1 atom stereocenters. The summed E-state index contributed by atoms with van der Waals surface area (Å²) in [6.07, 6.45) is 1.17. The molecule has 1 N–H and O–H groups in total. The molecule has 1 aliphatic heterocycles.